The first-order valence-electron chi connectivity index (χ1n) is 16.8. The summed E-state index contributed by atoms with van der Waals surface area (Å²) in [5.41, 5.74) is 0.381. The lowest BCUT2D eigenvalue weighted by Crippen LogP contribution is -2.59. The van der Waals surface area contributed by atoms with Gasteiger partial charge in [-0.1, -0.05) is 69.2 Å². The van der Waals surface area contributed by atoms with Crippen LogP contribution in [0.5, 0.6) is 0 Å². The van der Waals surface area contributed by atoms with Crippen molar-refractivity contribution in [3.63, 3.8) is 0 Å². The van der Waals surface area contributed by atoms with Gasteiger partial charge in [0.05, 0.1) is 32.2 Å². The third-order valence-corrected chi connectivity index (χ3v) is 9.00. The molecule has 0 aromatic rings. The minimum Gasteiger partial charge on any atom is -0.478 e. The summed E-state index contributed by atoms with van der Waals surface area (Å²) in [6.45, 7) is 9.50. The fourth-order valence-electron chi connectivity index (χ4n) is 5.91. The van der Waals surface area contributed by atoms with Gasteiger partial charge in [-0.25, -0.2) is 9.59 Å². The molecule has 0 bridgehead atoms. The molecule has 2 rings (SSSR count). The Morgan fingerprint density at radius 2 is 1.65 bits per heavy atom. The number of rotatable bonds is 17. The number of hydrogen-bond acceptors (Lipinski definition) is 9. The van der Waals surface area contributed by atoms with E-state index in [-0.39, 0.29) is 30.8 Å². The molecule has 11 heteroatoms. The molecule has 2 aliphatic heterocycles. The summed E-state index contributed by atoms with van der Waals surface area (Å²) >= 11 is 0. The quantitative estimate of drug-likeness (QED) is 0.0911. The topological polar surface area (TPSA) is 166 Å². The summed E-state index contributed by atoms with van der Waals surface area (Å²) in [6, 6.07) is 0. The zero-order valence-corrected chi connectivity index (χ0v) is 29.2. The molecule has 0 aromatic heterocycles. The van der Waals surface area contributed by atoms with Gasteiger partial charge in [0, 0.05) is 30.9 Å². The van der Waals surface area contributed by atoms with E-state index in [1.807, 2.05) is 19.9 Å². The van der Waals surface area contributed by atoms with Crippen molar-refractivity contribution in [2.45, 2.75) is 129 Å². The normalized spacial score (nSPS) is 28.2. The second-order valence-corrected chi connectivity index (χ2v) is 13.0. The van der Waals surface area contributed by atoms with Crippen LogP contribution in [0.15, 0.2) is 59.8 Å². The van der Waals surface area contributed by atoms with E-state index in [2.05, 4.69) is 11.7 Å². The molecular formula is C37H54O11. The molecule has 2 fully saturated rings. The number of carbonyl (C=O) groups excluding carboxylic acids is 2. The number of esters is 2. The molecule has 48 heavy (non-hydrogen) atoms. The van der Waals surface area contributed by atoms with Crippen LogP contribution in [0.1, 0.15) is 98.8 Å². The molecule has 3 N–H and O–H groups in total. The van der Waals surface area contributed by atoms with Gasteiger partial charge < -0.3 is 34.3 Å². The van der Waals surface area contributed by atoms with Crippen molar-refractivity contribution in [3.05, 3.63) is 59.8 Å². The third-order valence-electron chi connectivity index (χ3n) is 9.00. The number of hydrogen-bond donors (Lipinski definition) is 3. The number of carboxylic acid groups (broad SMARTS) is 2. The van der Waals surface area contributed by atoms with Crippen LogP contribution in [-0.4, -0.2) is 76.0 Å². The van der Waals surface area contributed by atoms with E-state index in [9.17, 15) is 29.4 Å². The lowest BCUT2D eigenvalue weighted by Gasteiger charge is -2.53. The Labute approximate surface area is 284 Å². The minimum absolute atomic E-state index is 0.102. The molecule has 2 saturated heterocycles. The van der Waals surface area contributed by atoms with Crippen molar-refractivity contribution in [1.82, 2.24) is 0 Å². The highest BCUT2D eigenvalue weighted by molar-refractivity contribution is 5.81. The zero-order valence-electron chi connectivity index (χ0n) is 29.2. The maximum Gasteiger partial charge on any atom is 0.328 e. The van der Waals surface area contributed by atoms with Crippen molar-refractivity contribution in [1.29, 1.82) is 0 Å². The van der Waals surface area contributed by atoms with Gasteiger partial charge in [0.1, 0.15) is 11.7 Å². The number of carboxylic acids is 2. The number of ether oxygens (including phenoxy) is 4. The molecule has 11 nitrogen and oxygen atoms in total. The van der Waals surface area contributed by atoms with Gasteiger partial charge in [-0.05, 0) is 57.4 Å². The second-order valence-electron chi connectivity index (χ2n) is 13.0. The van der Waals surface area contributed by atoms with Crippen LogP contribution in [0, 0.1) is 11.8 Å². The summed E-state index contributed by atoms with van der Waals surface area (Å²) in [5, 5.41) is 28.4. The molecule has 0 aliphatic carbocycles. The van der Waals surface area contributed by atoms with Crippen LogP contribution < -0.4 is 0 Å². The van der Waals surface area contributed by atoms with Crippen LogP contribution in [-0.2, 0) is 38.1 Å². The van der Waals surface area contributed by atoms with Crippen LogP contribution >= 0.6 is 0 Å². The Morgan fingerprint density at radius 3 is 2.29 bits per heavy atom. The number of aliphatic carboxylic acids is 2. The molecule has 7 atom stereocenters. The Kier molecular flexibility index (Phi) is 16.5. The van der Waals surface area contributed by atoms with Crippen LogP contribution in [0.3, 0.4) is 0 Å². The van der Waals surface area contributed by atoms with Gasteiger partial charge in [-0.2, -0.15) is 0 Å². The molecule has 1 spiro atoms. The monoisotopic (exact) mass is 674 g/mol. The van der Waals surface area contributed by atoms with E-state index in [0.717, 1.165) is 37.0 Å². The van der Waals surface area contributed by atoms with Crippen molar-refractivity contribution in [2.24, 2.45) is 11.8 Å². The predicted octanol–water partition coefficient (Wildman–Crippen LogP) is 6.22. The van der Waals surface area contributed by atoms with E-state index >= 15 is 0 Å². The number of aliphatic hydroxyl groups excluding tert-OH is 1. The summed E-state index contributed by atoms with van der Waals surface area (Å²) in [7, 11) is 1.26. The van der Waals surface area contributed by atoms with E-state index in [1.165, 1.54) is 13.2 Å². The van der Waals surface area contributed by atoms with Crippen molar-refractivity contribution in [3.8, 4) is 0 Å². The first-order valence-corrected chi connectivity index (χ1v) is 16.8. The second kappa shape index (κ2) is 19.5. The number of unbranched alkanes of at least 4 members (excludes halogenated alkanes) is 1. The van der Waals surface area contributed by atoms with Crippen molar-refractivity contribution in [2.75, 3.05) is 7.11 Å². The first kappa shape index (κ1) is 40.6. The molecule has 2 heterocycles. The van der Waals surface area contributed by atoms with Crippen LogP contribution in [0.25, 0.3) is 0 Å². The fourth-order valence-corrected chi connectivity index (χ4v) is 5.91. The number of allylic oxidation sites excluding steroid dienone is 4. The maximum atomic E-state index is 13.0. The largest absolute Gasteiger partial charge is 0.478 e. The molecule has 0 radical (unpaired) electrons. The lowest BCUT2D eigenvalue weighted by atomic mass is 9.78. The minimum atomic E-state index is -1.07. The van der Waals surface area contributed by atoms with E-state index in [1.54, 1.807) is 38.2 Å². The van der Waals surface area contributed by atoms with Crippen LogP contribution in [0.4, 0.5) is 0 Å². The highest BCUT2D eigenvalue weighted by atomic mass is 16.7. The molecule has 0 saturated carbocycles. The number of carbonyl (C=O) groups is 4. The summed E-state index contributed by atoms with van der Waals surface area (Å²) in [6.07, 6.45) is 15.6. The van der Waals surface area contributed by atoms with Crippen molar-refractivity contribution >= 4 is 23.9 Å². The Balaban J connectivity index is 2.31. The zero-order chi connectivity index (χ0) is 35.9. The highest BCUT2D eigenvalue weighted by Crippen LogP contribution is 2.48. The Morgan fingerprint density at radius 1 is 0.938 bits per heavy atom. The van der Waals surface area contributed by atoms with Gasteiger partial charge >= 0.3 is 23.9 Å². The SMILES string of the molecule is CCCC[C@@]1(OC(=O)CCC(=O)OC)CC[C@]2(CC[C@H](C)[C@@H](CC=C(C)C=C[C@H](O)[C@@H](C)C=CC(=O)O)O2)O[C@H]1C=CC(C)=CC(=O)O. The van der Waals surface area contributed by atoms with Gasteiger partial charge in [0.15, 0.2) is 5.79 Å². The summed E-state index contributed by atoms with van der Waals surface area (Å²) < 4.78 is 24.4. The van der Waals surface area contributed by atoms with Crippen molar-refractivity contribution < 1.29 is 53.4 Å². The summed E-state index contributed by atoms with van der Waals surface area (Å²) in [5.74, 6) is -4.25. The van der Waals surface area contributed by atoms with Gasteiger partial charge in [0.25, 0.3) is 0 Å². The Bertz CT molecular complexity index is 1260. The van der Waals surface area contributed by atoms with E-state index < -0.39 is 47.5 Å². The molecule has 0 unspecified atom stereocenters. The average Bonchev–Trinajstić information content (AvgIpc) is 3.04. The van der Waals surface area contributed by atoms with Crippen LogP contribution in [0.2, 0.25) is 0 Å². The maximum absolute atomic E-state index is 13.0. The van der Waals surface area contributed by atoms with Gasteiger partial charge in [0.2, 0.25) is 0 Å². The van der Waals surface area contributed by atoms with Gasteiger partial charge in [-0.3, -0.25) is 9.59 Å². The predicted molar refractivity (Wildman–Crippen MR) is 180 cm³/mol. The smallest absolute Gasteiger partial charge is 0.328 e. The Hall–Kier alpha value is -3.54. The molecule has 0 aromatic carbocycles. The van der Waals surface area contributed by atoms with E-state index in [0.29, 0.717) is 37.7 Å². The molecular weight excluding hydrogens is 620 g/mol. The standard InChI is InChI=1S/C37H54O11/c1-7-8-20-36(48-35(44)18-17-34(43)45-6)22-23-37(47-31(36)15-11-26(3)24-33(41)42)21-19-28(5)30(46-37)14-10-25(2)9-13-29(38)27(4)12-16-32(39)40/h9-13,15-16,24,27-31,38H,7-8,14,17-23H2,1-6H3,(H,39,40)(H,41,42)/t27-,28-,29-,30+,31-,36+,37-/m0/s1. The molecule has 0 amide bonds. The van der Waals surface area contributed by atoms with E-state index in [4.69, 9.17) is 19.3 Å². The van der Waals surface area contributed by atoms with Gasteiger partial charge in [-0.15, -0.1) is 0 Å². The third kappa shape index (κ3) is 13.2. The average molecular weight is 675 g/mol. The first-order chi connectivity index (χ1) is 22.6. The highest BCUT2D eigenvalue weighted by Gasteiger charge is 2.54. The number of methoxy groups -OCH3 is 1. The molecule has 2 aliphatic rings. The molecule has 268 valence electrons. The number of aliphatic hydroxyl groups is 1. The lowest BCUT2D eigenvalue weighted by molar-refractivity contribution is -0.344. The fraction of sp³-hybridized carbons (Fsp3) is 0.622. The summed E-state index contributed by atoms with van der Waals surface area (Å²) in [4.78, 5) is 46.8.